The van der Waals surface area contributed by atoms with Crippen molar-refractivity contribution in [3.8, 4) is 5.75 Å². The highest BCUT2D eigenvalue weighted by Gasteiger charge is 2.37. The minimum Gasteiger partial charge on any atom is -0.495 e. The second-order valence-corrected chi connectivity index (χ2v) is 2.57. The summed E-state index contributed by atoms with van der Waals surface area (Å²) in [5.74, 6) is -1.74. The lowest BCUT2D eigenvalue weighted by atomic mass is 10.2. The highest BCUT2D eigenvalue weighted by molar-refractivity contribution is 5.89. The molecule has 1 N–H and O–H groups in total. The molecular formula is C8H6F3NO3. The van der Waals surface area contributed by atoms with Crippen molar-refractivity contribution in [1.82, 2.24) is 4.98 Å². The minimum absolute atomic E-state index is 0.0413. The van der Waals surface area contributed by atoms with Crippen molar-refractivity contribution in [2.45, 2.75) is 6.18 Å². The Kier molecular flexibility index (Phi) is 2.83. The first kappa shape index (κ1) is 11.3. The van der Waals surface area contributed by atoms with E-state index in [1.165, 1.54) is 7.11 Å². The van der Waals surface area contributed by atoms with Crippen molar-refractivity contribution < 1.29 is 27.8 Å². The number of alkyl halides is 3. The summed E-state index contributed by atoms with van der Waals surface area (Å²) >= 11 is 0. The molecule has 0 amide bonds. The van der Waals surface area contributed by atoms with Gasteiger partial charge in [0, 0.05) is 0 Å². The highest BCUT2D eigenvalue weighted by atomic mass is 19.4. The van der Waals surface area contributed by atoms with Crippen LogP contribution in [0.25, 0.3) is 0 Å². The highest BCUT2D eigenvalue weighted by Crippen LogP contribution is 2.31. The minimum atomic E-state index is -4.79. The molecule has 1 aromatic heterocycles. The van der Waals surface area contributed by atoms with E-state index in [-0.39, 0.29) is 5.75 Å². The Labute approximate surface area is 82.3 Å². The van der Waals surface area contributed by atoms with E-state index >= 15 is 0 Å². The average molecular weight is 221 g/mol. The van der Waals surface area contributed by atoms with Crippen LogP contribution in [-0.4, -0.2) is 23.2 Å². The Morgan fingerprint density at radius 1 is 1.53 bits per heavy atom. The van der Waals surface area contributed by atoms with Gasteiger partial charge in [0.2, 0.25) is 0 Å². The molecule has 4 nitrogen and oxygen atoms in total. The van der Waals surface area contributed by atoms with Crippen LogP contribution >= 0.6 is 0 Å². The molecule has 15 heavy (non-hydrogen) atoms. The lowest BCUT2D eigenvalue weighted by Gasteiger charge is -2.09. The van der Waals surface area contributed by atoms with Crippen LogP contribution in [-0.2, 0) is 6.18 Å². The van der Waals surface area contributed by atoms with Crippen molar-refractivity contribution in [2.75, 3.05) is 7.11 Å². The van der Waals surface area contributed by atoms with Crippen LogP contribution in [0.2, 0.25) is 0 Å². The van der Waals surface area contributed by atoms with Gasteiger partial charge in [-0.1, -0.05) is 0 Å². The standard InChI is InChI=1S/C8H6F3NO3/c1-15-4-2-5(7(13)14)6(12-3-4)8(9,10)11/h2-3H,1H3,(H,13,14). The number of hydrogen-bond acceptors (Lipinski definition) is 3. The fraction of sp³-hybridized carbons (Fsp3) is 0.250. The largest absolute Gasteiger partial charge is 0.495 e. The van der Waals surface area contributed by atoms with Gasteiger partial charge in [-0.05, 0) is 6.07 Å². The number of rotatable bonds is 2. The van der Waals surface area contributed by atoms with E-state index in [1.807, 2.05) is 0 Å². The van der Waals surface area contributed by atoms with Gasteiger partial charge in [0.15, 0.2) is 5.69 Å². The van der Waals surface area contributed by atoms with Gasteiger partial charge in [-0.2, -0.15) is 13.2 Å². The number of halogens is 3. The summed E-state index contributed by atoms with van der Waals surface area (Å²) in [6.07, 6.45) is -3.98. The number of ether oxygens (including phenoxy) is 1. The van der Waals surface area contributed by atoms with E-state index in [0.717, 1.165) is 12.3 Å². The molecule has 82 valence electrons. The number of aromatic carboxylic acids is 1. The molecule has 0 fully saturated rings. The number of carboxylic acids is 1. The van der Waals surface area contributed by atoms with E-state index in [4.69, 9.17) is 5.11 Å². The Morgan fingerprint density at radius 2 is 2.13 bits per heavy atom. The van der Waals surface area contributed by atoms with Gasteiger partial charge < -0.3 is 9.84 Å². The van der Waals surface area contributed by atoms with Crippen LogP contribution in [0, 0.1) is 0 Å². The van der Waals surface area contributed by atoms with Crippen molar-refractivity contribution >= 4 is 5.97 Å². The average Bonchev–Trinajstić information content (AvgIpc) is 2.15. The first-order chi connectivity index (χ1) is 6.86. The lowest BCUT2D eigenvalue weighted by Crippen LogP contribution is -2.15. The van der Waals surface area contributed by atoms with Crippen LogP contribution in [0.3, 0.4) is 0 Å². The van der Waals surface area contributed by atoms with Crippen molar-refractivity contribution in [3.63, 3.8) is 0 Å². The van der Waals surface area contributed by atoms with Gasteiger partial charge in [0.25, 0.3) is 0 Å². The summed E-state index contributed by atoms with van der Waals surface area (Å²) in [5, 5.41) is 8.55. The van der Waals surface area contributed by atoms with E-state index in [2.05, 4.69) is 9.72 Å². The van der Waals surface area contributed by atoms with Gasteiger partial charge in [-0.3, -0.25) is 0 Å². The number of hydrogen-bond donors (Lipinski definition) is 1. The van der Waals surface area contributed by atoms with Crippen molar-refractivity contribution in [2.24, 2.45) is 0 Å². The van der Waals surface area contributed by atoms with E-state index < -0.39 is 23.4 Å². The molecule has 0 aliphatic rings. The zero-order valence-electron chi connectivity index (χ0n) is 7.50. The van der Waals surface area contributed by atoms with Gasteiger partial charge in [0.05, 0.1) is 18.9 Å². The Hall–Kier alpha value is -1.79. The fourth-order valence-electron chi connectivity index (χ4n) is 0.946. The summed E-state index contributed by atoms with van der Waals surface area (Å²) in [4.78, 5) is 13.6. The summed E-state index contributed by atoms with van der Waals surface area (Å²) in [6.45, 7) is 0. The van der Waals surface area contributed by atoms with Gasteiger partial charge >= 0.3 is 12.1 Å². The van der Waals surface area contributed by atoms with Gasteiger partial charge in [-0.15, -0.1) is 0 Å². The predicted molar refractivity (Wildman–Crippen MR) is 42.8 cm³/mol. The third-order valence-electron chi connectivity index (χ3n) is 1.60. The van der Waals surface area contributed by atoms with Crippen LogP contribution < -0.4 is 4.74 Å². The summed E-state index contributed by atoms with van der Waals surface area (Å²) in [6, 6.07) is 0.776. The molecule has 0 unspecified atom stereocenters. The third-order valence-corrected chi connectivity index (χ3v) is 1.60. The number of carbonyl (C=O) groups is 1. The molecule has 1 aromatic rings. The molecule has 0 spiro atoms. The predicted octanol–water partition coefficient (Wildman–Crippen LogP) is 1.81. The van der Waals surface area contributed by atoms with Crippen LogP contribution in [0.15, 0.2) is 12.3 Å². The molecule has 0 aromatic carbocycles. The molecule has 1 heterocycles. The molecule has 0 aliphatic carbocycles. The monoisotopic (exact) mass is 221 g/mol. The molecule has 0 bridgehead atoms. The second kappa shape index (κ2) is 3.76. The molecule has 0 aliphatic heterocycles. The molecule has 0 radical (unpaired) electrons. The maximum atomic E-state index is 12.3. The quantitative estimate of drug-likeness (QED) is 0.827. The SMILES string of the molecule is COc1cnc(C(F)(F)F)c(C(=O)O)c1. The number of methoxy groups -OCH3 is 1. The normalized spacial score (nSPS) is 11.2. The molecule has 0 saturated carbocycles. The van der Waals surface area contributed by atoms with Crippen LogP contribution in [0.4, 0.5) is 13.2 Å². The maximum Gasteiger partial charge on any atom is 0.434 e. The fourth-order valence-corrected chi connectivity index (χ4v) is 0.946. The number of carboxylic acid groups (broad SMARTS) is 1. The van der Waals surface area contributed by atoms with Crippen LogP contribution in [0.1, 0.15) is 16.1 Å². The van der Waals surface area contributed by atoms with Gasteiger partial charge in [0.1, 0.15) is 5.75 Å². The second-order valence-electron chi connectivity index (χ2n) is 2.57. The molecular weight excluding hydrogens is 215 g/mol. The summed E-state index contributed by atoms with van der Waals surface area (Å²) < 4.78 is 41.4. The van der Waals surface area contributed by atoms with E-state index in [9.17, 15) is 18.0 Å². The van der Waals surface area contributed by atoms with Gasteiger partial charge in [-0.25, -0.2) is 9.78 Å². The number of nitrogens with zero attached hydrogens (tertiary/aromatic N) is 1. The lowest BCUT2D eigenvalue weighted by molar-refractivity contribution is -0.141. The zero-order valence-corrected chi connectivity index (χ0v) is 7.50. The zero-order chi connectivity index (χ0) is 11.6. The molecule has 1 rings (SSSR count). The van der Waals surface area contributed by atoms with Crippen molar-refractivity contribution in [3.05, 3.63) is 23.5 Å². The third kappa shape index (κ3) is 2.36. The Bertz CT molecular complexity index is 389. The number of aromatic nitrogens is 1. The molecule has 0 atom stereocenters. The summed E-state index contributed by atoms with van der Waals surface area (Å²) in [5.41, 5.74) is -2.36. The maximum absolute atomic E-state index is 12.3. The first-order valence-electron chi connectivity index (χ1n) is 3.70. The summed E-state index contributed by atoms with van der Waals surface area (Å²) in [7, 11) is 1.20. The Balaban J connectivity index is 3.34. The molecule has 7 heteroatoms. The Morgan fingerprint density at radius 3 is 2.53 bits per heavy atom. The smallest absolute Gasteiger partial charge is 0.434 e. The topological polar surface area (TPSA) is 59.4 Å². The van der Waals surface area contributed by atoms with E-state index in [1.54, 1.807) is 0 Å². The van der Waals surface area contributed by atoms with Crippen molar-refractivity contribution in [1.29, 1.82) is 0 Å². The van der Waals surface area contributed by atoms with E-state index in [0.29, 0.717) is 0 Å². The number of pyridine rings is 1. The first-order valence-corrected chi connectivity index (χ1v) is 3.70. The molecule has 0 saturated heterocycles. The van der Waals surface area contributed by atoms with Crippen LogP contribution in [0.5, 0.6) is 5.75 Å².